The summed E-state index contributed by atoms with van der Waals surface area (Å²) in [7, 11) is 0. The van der Waals surface area contributed by atoms with Gasteiger partial charge in [0, 0.05) is 6.54 Å². The molecule has 26 heavy (non-hydrogen) atoms. The van der Waals surface area contributed by atoms with Gasteiger partial charge in [-0.3, -0.25) is 30.1 Å². The van der Waals surface area contributed by atoms with Crippen molar-refractivity contribution < 1.29 is 14.4 Å². The number of imide groups is 1. The van der Waals surface area contributed by atoms with Gasteiger partial charge < -0.3 is 5.32 Å². The van der Waals surface area contributed by atoms with Gasteiger partial charge in [0.15, 0.2) is 5.11 Å². The van der Waals surface area contributed by atoms with Crippen LogP contribution in [-0.2, 0) is 20.9 Å². The van der Waals surface area contributed by atoms with Gasteiger partial charge >= 0.3 is 0 Å². The Labute approximate surface area is 157 Å². The van der Waals surface area contributed by atoms with Gasteiger partial charge in [-0.2, -0.15) is 0 Å². The molecule has 3 amide bonds. The summed E-state index contributed by atoms with van der Waals surface area (Å²) in [5, 5.41) is 3.22. The van der Waals surface area contributed by atoms with Crippen LogP contribution in [0.15, 0.2) is 30.3 Å². The summed E-state index contributed by atoms with van der Waals surface area (Å²) in [6, 6.07) is 9.70. The van der Waals surface area contributed by atoms with E-state index in [2.05, 4.69) is 16.2 Å². The van der Waals surface area contributed by atoms with Crippen LogP contribution in [0.5, 0.6) is 0 Å². The van der Waals surface area contributed by atoms with Crippen molar-refractivity contribution in [1.82, 2.24) is 21.1 Å². The first-order valence-electron chi connectivity index (χ1n) is 8.78. The summed E-state index contributed by atoms with van der Waals surface area (Å²) < 4.78 is 0. The highest BCUT2D eigenvalue weighted by Crippen LogP contribution is 2.37. The molecule has 1 saturated carbocycles. The molecule has 138 valence electrons. The molecule has 2 aliphatic rings. The number of thiocarbonyl (C=S) groups is 1. The average molecular weight is 374 g/mol. The van der Waals surface area contributed by atoms with Crippen molar-refractivity contribution in [2.24, 2.45) is 11.8 Å². The van der Waals surface area contributed by atoms with Crippen LogP contribution in [0.3, 0.4) is 0 Å². The second-order valence-corrected chi connectivity index (χ2v) is 7.01. The molecule has 7 nitrogen and oxygen atoms in total. The van der Waals surface area contributed by atoms with Gasteiger partial charge in [0.05, 0.1) is 11.8 Å². The Hall–Kier alpha value is -2.48. The normalized spacial score (nSPS) is 21.9. The van der Waals surface area contributed by atoms with Crippen LogP contribution in [0.4, 0.5) is 0 Å². The summed E-state index contributed by atoms with van der Waals surface area (Å²) in [6.45, 7) is 0.244. The molecule has 1 aromatic carbocycles. The first-order valence-corrected chi connectivity index (χ1v) is 9.19. The zero-order valence-electron chi connectivity index (χ0n) is 14.4. The molecule has 0 bridgehead atoms. The van der Waals surface area contributed by atoms with Crippen LogP contribution in [0.2, 0.25) is 0 Å². The Morgan fingerprint density at radius 1 is 1.04 bits per heavy atom. The lowest BCUT2D eigenvalue weighted by Crippen LogP contribution is -2.50. The van der Waals surface area contributed by atoms with Crippen LogP contribution in [0.1, 0.15) is 31.2 Å². The van der Waals surface area contributed by atoms with E-state index >= 15 is 0 Å². The number of rotatable bonds is 4. The number of amides is 3. The molecule has 3 rings (SSSR count). The maximum atomic E-state index is 12.3. The Morgan fingerprint density at radius 3 is 2.27 bits per heavy atom. The number of nitrogens with zero attached hydrogens (tertiary/aromatic N) is 1. The molecular formula is C18H22N4O3S. The third-order valence-corrected chi connectivity index (χ3v) is 5.09. The minimum absolute atomic E-state index is 0.223. The predicted molar refractivity (Wildman–Crippen MR) is 99.3 cm³/mol. The van der Waals surface area contributed by atoms with E-state index in [1.807, 2.05) is 30.3 Å². The smallest absolute Gasteiger partial charge is 0.258 e. The highest BCUT2D eigenvalue weighted by atomic mass is 32.1. The third kappa shape index (κ3) is 4.19. The minimum atomic E-state index is -0.478. The predicted octanol–water partition coefficient (Wildman–Crippen LogP) is 0.857. The average Bonchev–Trinajstić information content (AvgIpc) is 2.91. The second-order valence-electron chi connectivity index (χ2n) is 6.60. The van der Waals surface area contributed by atoms with Crippen molar-refractivity contribution in [3.63, 3.8) is 0 Å². The monoisotopic (exact) mass is 374 g/mol. The number of hydrogen-bond donors (Lipinski definition) is 3. The lowest BCUT2D eigenvalue weighted by molar-refractivity contribution is -0.143. The van der Waals surface area contributed by atoms with E-state index in [1.54, 1.807) is 0 Å². The van der Waals surface area contributed by atoms with Gasteiger partial charge in [0.25, 0.3) is 5.91 Å². The SMILES string of the molecule is O=C(CN1C(=O)[C@@H]2CCCC[C@H]2C1=O)NNC(=S)NCc1ccccc1. The zero-order chi connectivity index (χ0) is 18.5. The molecule has 0 unspecified atom stereocenters. The maximum Gasteiger partial charge on any atom is 0.258 e. The van der Waals surface area contributed by atoms with Crippen molar-refractivity contribution in [2.45, 2.75) is 32.2 Å². The number of carbonyl (C=O) groups excluding carboxylic acids is 3. The molecule has 1 aliphatic heterocycles. The highest BCUT2D eigenvalue weighted by Gasteiger charge is 2.48. The van der Waals surface area contributed by atoms with Crippen molar-refractivity contribution in [3.05, 3.63) is 35.9 Å². The molecule has 0 spiro atoms. The molecule has 1 heterocycles. The molecule has 1 saturated heterocycles. The lowest BCUT2D eigenvalue weighted by atomic mass is 9.81. The first kappa shape index (κ1) is 18.3. The number of benzene rings is 1. The van der Waals surface area contributed by atoms with E-state index in [1.165, 1.54) is 0 Å². The van der Waals surface area contributed by atoms with Crippen molar-refractivity contribution in [2.75, 3.05) is 6.54 Å². The highest BCUT2D eigenvalue weighted by molar-refractivity contribution is 7.80. The number of hydrazine groups is 1. The van der Waals surface area contributed by atoms with E-state index in [-0.39, 0.29) is 35.3 Å². The van der Waals surface area contributed by atoms with Gasteiger partial charge in [-0.15, -0.1) is 0 Å². The summed E-state index contributed by atoms with van der Waals surface area (Å²) in [4.78, 5) is 37.8. The summed E-state index contributed by atoms with van der Waals surface area (Å²) in [5.41, 5.74) is 6.07. The van der Waals surface area contributed by atoms with Gasteiger partial charge in [0.2, 0.25) is 11.8 Å². The molecule has 3 N–H and O–H groups in total. The fourth-order valence-electron chi connectivity index (χ4n) is 3.52. The molecule has 0 aromatic heterocycles. The van der Waals surface area contributed by atoms with Gasteiger partial charge in [0.1, 0.15) is 6.54 Å². The van der Waals surface area contributed by atoms with Gasteiger partial charge in [-0.05, 0) is 30.6 Å². The number of fused-ring (bicyclic) bond motifs is 1. The summed E-state index contributed by atoms with van der Waals surface area (Å²) in [5.74, 6) is -1.41. The van der Waals surface area contributed by atoms with E-state index in [0.29, 0.717) is 6.54 Å². The molecule has 2 fully saturated rings. The maximum absolute atomic E-state index is 12.3. The zero-order valence-corrected chi connectivity index (χ0v) is 15.2. The van der Waals surface area contributed by atoms with Crippen LogP contribution < -0.4 is 16.2 Å². The fraction of sp³-hybridized carbons (Fsp3) is 0.444. The molecule has 1 aromatic rings. The van der Waals surface area contributed by atoms with Crippen LogP contribution in [-0.4, -0.2) is 34.3 Å². The molecule has 0 radical (unpaired) electrons. The van der Waals surface area contributed by atoms with Crippen LogP contribution in [0, 0.1) is 11.8 Å². The van der Waals surface area contributed by atoms with Crippen molar-refractivity contribution in [1.29, 1.82) is 0 Å². The topological polar surface area (TPSA) is 90.5 Å². The fourth-order valence-corrected chi connectivity index (χ4v) is 3.64. The molecule has 2 atom stereocenters. The molecule has 8 heteroatoms. The van der Waals surface area contributed by atoms with E-state index in [4.69, 9.17) is 12.2 Å². The first-order chi connectivity index (χ1) is 12.6. The Morgan fingerprint density at radius 2 is 1.65 bits per heavy atom. The molecular weight excluding hydrogens is 352 g/mol. The van der Waals surface area contributed by atoms with Gasteiger partial charge in [-0.1, -0.05) is 43.2 Å². The number of likely N-dealkylation sites (tertiary alicyclic amines) is 1. The van der Waals surface area contributed by atoms with Crippen LogP contribution >= 0.6 is 12.2 Å². The van der Waals surface area contributed by atoms with E-state index < -0.39 is 5.91 Å². The lowest BCUT2D eigenvalue weighted by Gasteiger charge is -2.19. The minimum Gasteiger partial charge on any atom is -0.357 e. The summed E-state index contributed by atoms with van der Waals surface area (Å²) >= 11 is 5.10. The number of nitrogens with one attached hydrogen (secondary N) is 3. The largest absolute Gasteiger partial charge is 0.357 e. The van der Waals surface area contributed by atoms with Crippen molar-refractivity contribution >= 4 is 35.1 Å². The number of carbonyl (C=O) groups is 3. The molecule has 1 aliphatic carbocycles. The Kier molecular flexibility index (Phi) is 5.82. The van der Waals surface area contributed by atoms with E-state index in [9.17, 15) is 14.4 Å². The Balaban J connectivity index is 1.43. The van der Waals surface area contributed by atoms with Crippen molar-refractivity contribution in [3.8, 4) is 0 Å². The van der Waals surface area contributed by atoms with Gasteiger partial charge in [-0.25, -0.2) is 0 Å². The van der Waals surface area contributed by atoms with Crippen LogP contribution in [0.25, 0.3) is 0 Å². The quantitative estimate of drug-likeness (QED) is 0.411. The van der Waals surface area contributed by atoms with E-state index in [0.717, 1.165) is 36.1 Å². The second kappa shape index (κ2) is 8.27. The Bertz CT molecular complexity index is 686. The summed E-state index contributed by atoms with van der Waals surface area (Å²) in [6.07, 6.45) is 3.39. The number of hydrogen-bond acceptors (Lipinski definition) is 4. The standard InChI is InChI=1S/C18H22N4O3S/c23-15(20-21-18(26)19-10-12-6-2-1-3-7-12)11-22-16(24)13-8-4-5-9-14(13)17(22)25/h1-3,6-7,13-14H,4-5,8-11H2,(H,20,23)(H2,19,21,26)/t13-,14-/m1/s1. The third-order valence-electron chi connectivity index (χ3n) is 4.85.